The molecule has 5 nitrogen and oxygen atoms in total. The Morgan fingerprint density at radius 2 is 2.10 bits per heavy atom. The lowest BCUT2D eigenvalue weighted by Crippen LogP contribution is -2.27. The predicted molar refractivity (Wildman–Crippen MR) is 77.7 cm³/mol. The number of aromatic nitrogens is 3. The second-order valence-electron chi connectivity index (χ2n) is 5.25. The van der Waals surface area contributed by atoms with Crippen molar-refractivity contribution in [2.75, 3.05) is 0 Å². The molecule has 21 heavy (non-hydrogen) atoms. The van der Waals surface area contributed by atoms with Gasteiger partial charge in [-0.2, -0.15) is 0 Å². The van der Waals surface area contributed by atoms with Crippen molar-refractivity contribution in [2.24, 2.45) is 0 Å². The smallest absolute Gasteiger partial charge is 0.273 e. The van der Waals surface area contributed by atoms with Crippen LogP contribution < -0.4 is 0 Å². The first-order valence-electron chi connectivity index (χ1n) is 6.90. The van der Waals surface area contributed by atoms with Gasteiger partial charge in [-0.1, -0.05) is 12.1 Å². The Labute approximate surface area is 121 Å². The number of imidazole rings is 1. The van der Waals surface area contributed by atoms with Gasteiger partial charge in [0.05, 0.1) is 17.9 Å². The molecule has 4 heterocycles. The lowest BCUT2D eigenvalue weighted by atomic mass is 10.2. The second kappa shape index (κ2) is 4.41. The van der Waals surface area contributed by atoms with Crippen molar-refractivity contribution in [1.82, 2.24) is 19.3 Å². The van der Waals surface area contributed by atoms with Crippen LogP contribution in [0, 0.1) is 6.92 Å². The molecular formula is C16H14N4O. The van der Waals surface area contributed by atoms with Crippen molar-refractivity contribution in [3.05, 3.63) is 65.4 Å². The third-order valence-electron chi connectivity index (χ3n) is 3.88. The van der Waals surface area contributed by atoms with Crippen molar-refractivity contribution < 1.29 is 4.79 Å². The number of carbonyl (C=O) groups excluding carboxylic acids is 1. The van der Waals surface area contributed by atoms with E-state index in [0.29, 0.717) is 18.8 Å². The largest absolute Gasteiger partial charge is 0.327 e. The molecule has 0 atom stereocenters. The summed E-state index contributed by atoms with van der Waals surface area (Å²) in [5.41, 5.74) is 4.30. The molecule has 1 amide bonds. The molecule has 0 bridgehead atoms. The minimum Gasteiger partial charge on any atom is -0.327 e. The third-order valence-corrected chi connectivity index (χ3v) is 3.88. The zero-order valence-corrected chi connectivity index (χ0v) is 11.7. The predicted octanol–water partition coefficient (Wildman–Crippen LogP) is 2.19. The maximum atomic E-state index is 12.8. The lowest BCUT2D eigenvalue weighted by molar-refractivity contribution is 0.0742. The molecule has 3 aromatic rings. The Bertz CT molecular complexity index is 827. The first-order valence-corrected chi connectivity index (χ1v) is 6.90. The topological polar surface area (TPSA) is 50.5 Å². The maximum absolute atomic E-state index is 12.8. The van der Waals surface area contributed by atoms with Crippen LogP contribution in [0.5, 0.6) is 0 Å². The lowest BCUT2D eigenvalue weighted by Gasteiger charge is -2.15. The van der Waals surface area contributed by atoms with Gasteiger partial charge in [0.1, 0.15) is 11.3 Å². The van der Waals surface area contributed by atoms with E-state index in [9.17, 15) is 4.79 Å². The highest BCUT2D eigenvalue weighted by Gasteiger charge is 2.28. The molecule has 0 saturated carbocycles. The summed E-state index contributed by atoms with van der Waals surface area (Å²) >= 11 is 0. The van der Waals surface area contributed by atoms with Crippen LogP contribution in [0.2, 0.25) is 0 Å². The van der Waals surface area contributed by atoms with Crippen molar-refractivity contribution in [3.8, 4) is 0 Å². The van der Waals surface area contributed by atoms with Crippen LogP contribution in [0.4, 0.5) is 0 Å². The quantitative estimate of drug-likeness (QED) is 0.685. The summed E-state index contributed by atoms with van der Waals surface area (Å²) in [6.45, 7) is 3.05. The van der Waals surface area contributed by atoms with Gasteiger partial charge in [0.2, 0.25) is 0 Å². The van der Waals surface area contributed by atoms with Crippen LogP contribution in [-0.4, -0.2) is 25.2 Å². The Kier molecular flexibility index (Phi) is 2.54. The van der Waals surface area contributed by atoms with Gasteiger partial charge in [-0.3, -0.25) is 14.2 Å². The monoisotopic (exact) mass is 278 g/mol. The molecular weight excluding hydrogens is 264 g/mol. The van der Waals surface area contributed by atoms with Gasteiger partial charge in [-0.15, -0.1) is 0 Å². The molecule has 0 spiro atoms. The van der Waals surface area contributed by atoms with Gasteiger partial charge in [0.25, 0.3) is 5.91 Å². The highest BCUT2D eigenvalue weighted by Crippen LogP contribution is 2.23. The summed E-state index contributed by atoms with van der Waals surface area (Å²) in [5.74, 6) is 0.00389. The number of carbonyl (C=O) groups is 1. The van der Waals surface area contributed by atoms with Crippen LogP contribution in [0.1, 0.15) is 27.4 Å². The van der Waals surface area contributed by atoms with E-state index < -0.39 is 0 Å². The summed E-state index contributed by atoms with van der Waals surface area (Å²) in [6.07, 6.45) is 3.65. The molecule has 0 aromatic carbocycles. The van der Waals surface area contributed by atoms with Gasteiger partial charge in [-0.05, 0) is 30.7 Å². The van der Waals surface area contributed by atoms with Gasteiger partial charge in [-0.25, -0.2) is 4.98 Å². The third kappa shape index (κ3) is 1.81. The molecule has 0 fully saturated rings. The van der Waals surface area contributed by atoms with E-state index in [-0.39, 0.29) is 5.91 Å². The summed E-state index contributed by atoms with van der Waals surface area (Å²) in [4.78, 5) is 23.5. The summed E-state index contributed by atoms with van der Waals surface area (Å²) < 4.78 is 1.86. The fourth-order valence-electron chi connectivity index (χ4n) is 2.86. The number of aryl methyl sites for hydroxylation is 1. The van der Waals surface area contributed by atoms with E-state index in [4.69, 9.17) is 0 Å². The van der Waals surface area contributed by atoms with Gasteiger partial charge in [0.15, 0.2) is 0 Å². The first-order chi connectivity index (χ1) is 10.2. The maximum Gasteiger partial charge on any atom is 0.273 e. The first kappa shape index (κ1) is 12.1. The van der Waals surface area contributed by atoms with Gasteiger partial charge < -0.3 is 4.90 Å². The number of fused-ring (bicyclic) bond motifs is 2. The number of nitrogens with zero attached hydrogens (tertiary/aromatic N) is 4. The molecule has 0 unspecified atom stereocenters. The van der Waals surface area contributed by atoms with Crippen molar-refractivity contribution in [3.63, 3.8) is 0 Å². The van der Waals surface area contributed by atoms with Crippen LogP contribution in [0.15, 0.2) is 42.7 Å². The Hall–Kier alpha value is -2.69. The molecule has 4 rings (SSSR count). The average Bonchev–Trinajstić information content (AvgIpc) is 3.06. The molecule has 1 aliphatic heterocycles. The van der Waals surface area contributed by atoms with E-state index in [1.165, 1.54) is 0 Å². The molecule has 3 aromatic heterocycles. The van der Waals surface area contributed by atoms with Crippen molar-refractivity contribution in [1.29, 1.82) is 0 Å². The Balaban J connectivity index is 1.74. The fraction of sp³-hybridized carbons (Fsp3) is 0.188. The van der Waals surface area contributed by atoms with E-state index >= 15 is 0 Å². The Morgan fingerprint density at radius 3 is 2.95 bits per heavy atom. The van der Waals surface area contributed by atoms with Crippen LogP contribution in [-0.2, 0) is 13.1 Å². The fourth-order valence-corrected chi connectivity index (χ4v) is 2.86. The van der Waals surface area contributed by atoms with E-state index in [1.54, 1.807) is 6.20 Å². The Morgan fingerprint density at radius 1 is 1.19 bits per heavy atom. The summed E-state index contributed by atoms with van der Waals surface area (Å²) in [7, 11) is 0. The molecule has 0 aliphatic carbocycles. The average molecular weight is 278 g/mol. The molecule has 1 aliphatic rings. The number of amides is 1. The molecule has 0 N–H and O–H groups in total. The van der Waals surface area contributed by atoms with E-state index in [0.717, 1.165) is 22.6 Å². The molecule has 104 valence electrons. The molecule has 0 saturated heterocycles. The standard InChI is InChI=1S/C16H14N4O/c1-11-15(20-8-3-2-6-14(20)18-11)16(21)19-9-12-5-4-7-17-13(12)10-19/h2-8H,9-10H2,1H3. The highest BCUT2D eigenvalue weighted by molar-refractivity contribution is 5.95. The summed E-state index contributed by atoms with van der Waals surface area (Å²) in [5, 5.41) is 0. The van der Waals surface area contributed by atoms with Crippen LogP contribution >= 0.6 is 0 Å². The number of hydrogen-bond acceptors (Lipinski definition) is 3. The SMILES string of the molecule is Cc1nc2ccccn2c1C(=O)N1Cc2cccnc2C1. The highest BCUT2D eigenvalue weighted by atomic mass is 16.2. The van der Waals surface area contributed by atoms with Crippen molar-refractivity contribution in [2.45, 2.75) is 20.0 Å². The second-order valence-corrected chi connectivity index (χ2v) is 5.25. The van der Waals surface area contributed by atoms with E-state index in [1.807, 2.05) is 52.8 Å². The number of pyridine rings is 2. The van der Waals surface area contributed by atoms with Crippen LogP contribution in [0.3, 0.4) is 0 Å². The minimum atomic E-state index is 0.00389. The van der Waals surface area contributed by atoms with Gasteiger partial charge >= 0.3 is 0 Å². The molecule has 0 radical (unpaired) electrons. The molecule has 5 heteroatoms. The normalized spacial score (nSPS) is 13.7. The minimum absolute atomic E-state index is 0.00389. The number of rotatable bonds is 1. The summed E-state index contributed by atoms with van der Waals surface area (Å²) in [6, 6.07) is 9.67. The van der Waals surface area contributed by atoms with Crippen molar-refractivity contribution >= 4 is 11.6 Å². The number of hydrogen-bond donors (Lipinski definition) is 0. The van der Waals surface area contributed by atoms with Gasteiger partial charge in [0, 0.05) is 18.9 Å². The van der Waals surface area contributed by atoms with Crippen LogP contribution in [0.25, 0.3) is 5.65 Å². The zero-order valence-electron chi connectivity index (χ0n) is 11.7. The zero-order chi connectivity index (χ0) is 14.4. The van der Waals surface area contributed by atoms with E-state index in [2.05, 4.69) is 9.97 Å².